The van der Waals surface area contributed by atoms with Crippen molar-refractivity contribution in [1.82, 2.24) is 0 Å². The molecule has 18 heavy (non-hydrogen) atoms. The molecular weight excluding hydrogens is 271 g/mol. The number of rotatable bonds is 3. The van der Waals surface area contributed by atoms with Crippen molar-refractivity contribution in [3.63, 3.8) is 0 Å². The zero-order valence-electron chi connectivity index (χ0n) is 9.31. The lowest BCUT2D eigenvalue weighted by Gasteiger charge is -2.12. The Morgan fingerprint density at radius 2 is 1.72 bits per heavy atom. The average Bonchev–Trinajstić information content (AvgIpc) is 2.41. The largest absolute Gasteiger partial charge is 0.380 e. The van der Waals surface area contributed by atoms with Gasteiger partial charge in [0.25, 0.3) is 0 Å². The summed E-state index contributed by atoms with van der Waals surface area (Å²) in [7, 11) is 0. The van der Waals surface area contributed by atoms with Crippen molar-refractivity contribution in [3.8, 4) is 0 Å². The van der Waals surface area contributed by atoms with E-state index in [0.717, 1.165) is 0 Å². The van der Waals surface area contributed by atoms with Crippen LogP contribution in [0.1, 0.15) is 22.0 Å². The highest BCUT2D eigenvalue weighted by atomic mass is 35.5. The van der Waals surface area contributed by atoms with Gasteiger partial charge in [0.2, 0.25) is 0 Å². The fourth-order valence-corrected chi connectivity index (χ4v) is 2.03. The Bertz CT molecular complexity index is 567. The van der Waals surface area contributed by atoms with Crippen molar-refractivity contribution in [2.75, 3.05) is 0 Å². The van der Waals surface area contributed by atoms with Crippen LogP contribution in [0, 0.1) is 0 Å². The molecule has 1 atom stereocenters. The van der Waals surface area contributed by atoms with Gasteiger partial charge in [-0.25, -0.2) is 0 Å². The molecule has 2 aromatic rings. The number of halogens is 2. The molecule has 0 amide bonds. The average molecular weight is 281 g/mol. The van der Waals surface area contributed by atoms with Gasteiger partial charge in [0.15, 0.2) is 5.78 Å². The molecule has 1 N–H and O–H groups in total. The number of Topliss-reactive ketones (excluding diaryl/α,β-unsaturated/α-hetero) is 1. The molecule has 0 heterocycles. The highest BCUT2D eigenvalue weighted by Crippen LogP contribution is 2.28. The number of aliphatic hydroxyl groups excluding tert-OH is 1. The molecule has 0 fully saturated rings. The monoisotopic (exact) mass is 280 g/mol. The van der Waals surface area contributed by atoms with Crippen LogP contribution in [-0.4, -0.2) is 10.9 Å². The third-order valence-corrected chi connectivity index (χ3v) is 3.14. The standard InChI is InChI=1S/C14H10Cl2O2/c15-10-6-7-12(16)11(8-10)14(18)13(17)9-4-2-1-3-5-9/h1-8,14,18H. The van der Waals surface area contributed by atoms with E-state index in [1.807, 2.05) is 0 Å². The highest BCUT2D eigenvalue weighted by Gasteiger charge is 2.21. The predicted octanol–water partition coefficient (Wildman–Crippen LogP) is 3.91. The highest BCUT2D eigenvalue weighted by molar-refractivity contribution is 6.33. The van der Waals surface area contributed by atoms with E-state index >= 15 is 0 Å². The van der Waals surface area contributed by atoms with E-state index in [2.05, 4.69) is 0 Å². The molecule has 4 heteroatoms. The van der Waals surface area contributed by atoms with Crippen LogP contribution in [0.4, 0.5) is 0 Å². The Hall–Kier alpha value is -1.35. The Morgan fingerprint density at radius 3 is 2.39 bits per heavy atom. The Labute approximate surface area is 115 Å². The summed E-state index contributed by atoms with van der Waals surface area (Å²) in [6.07, 6.45) is -1.31. The molecule has 0 saturated carbocycles. The molecule has 0 saturated heterocycles. The number of aliphatic hydroxyl groups is 1. The Kier molecular flexibility index (Phi) is 4.02. The lowest BCUT2D eigenvalue weighted by Crippen LogP contribution is -2.12. The van der Waals surface area contributed by atoms with Gasteiger partial charge in [0.05, 0.1) is 0 Å². The van der Waals surface area contributed by atoms with Gasteiger partial charge in [0.1, 0.15) is 6.10 Å². The lowest BCUT2D eigenvalue weighted by atomic mass is 10.00. The summed E-state index contributed by atoms with van der Waals surface area (Å²) >= 11 is 11.8. The van der Waals surface area contributed by atoms with Crippen LogP contribution in [-0.2, 0) is 0 Å². The van der Waals surface area contributed by atoms with Gasteiger partial charge < -0.3 is 5.11 Å². The van der Waals surface area contributed by atoms with E-state index in [4.69, 9.17) is 23.2 Å². The third kappa shape index (κ3) is 2.72. The molecule has 2 nitrogen and oxygen atoms in total. The molecule has 2 aromatic carbocycles. The summed E-state index contributed by atoms with van der Waals surface area (Å²) < 4.78 is 0. The zero-order chi connectivity index (χ0) is 13.1. The van der Waals surface area contributed by atoms with Crippen LogP contribution >= 0.6 is 23.2 Å². The lowest BCUT2D eigenvalue weighted by molar-refractivity contribution is 0.0747. The maximum absolute atomic E-state index is 12.1. The van der Waals surface area contributed by atoms with Crippen molar-refractivity contribution in [3.05, 3.63) is 69.7 Å². The molecule has 0 aliphatic rings. The van der Waals surface area contributed by atoms with Crippen molar-refractivity contribution >= 4 is 29.0 Å². The number of benzene rings is 2. The minimum Gasteiger partial charge on any atom is -0.380 e. The van der Waals surface area contributed by atoms with Crippen LogP contribution in [0.15, 0.2) is 48.5 Å². The summed E-state index contributed by atoms with van der Waals surface area (Å²) in [5.41, 5.74) is 0.749. The zero-order valence-corrected chi connectivity index (χ0v) is 10.8. The first-order valence-corrected chi connectivity index (χ1v) is 6.07. The molecule has 0 spiro atoms. The fourth-order valence-electron chi connectivity index (χ4n) is 1.63. The number of carbonyl (C=O) groups excluding carboxylic acids is 1. The number of hydrogen-bond donors (Lipinski definition) is 1. The van der Waals surface area contributed by atoms with Gasteiger partial charge in [-0.05, 0) is 18.2 Å². The van der Waals surface area contributed by atoms with Crippen LogP contribution in [0.3, 0.4) is 0 Å². The van der Waals surface area contributed by atoms with Crippen molar-refractivity contribution in [1.29, 1.82) is 0 Å². The van der Waals surface area contributed by atoms with Crippen molar-refractivity contribution in [2.24, 2.45) is 0 Å². The summed E-state index contributed by atoms with van der Waals surface area (Å²) in [5.74, 6) is -0.403. The number of hydrogen-bond acceptors (Lipinski definition) is 2. The molecule has 0 aromatic heterocycles. The summed E-state index contributed by atoms with van der Waals surface area (Å²) in [6.45, 7) is 0. The maximum atomic E-state index is 12.1. The third-order valence-electron chi connectivity index (χ3n) is 2.56. The number of carbonyl (C=O) groups is 1. The van der Waals surface area contributed by atoms with Gasteiger partial charge in [-0.2, -0.15) is 0 Å². The van der Waals surface area contributed by atoms with Gasteiger partial charge in [-0.3, -0.25) is 4.79 Å². The topological polar surface area (TPSA) is 37.3 Å². The number of ketones is 1. The predicted molar refractivity (Wildman–Crippen MR) is 72.2 cm³/mol. The van der Waals surface area contributed by atoms with Gasteiger partial charge >= 0.3 is 0 Å². The van der Waals surface area contributed by atoms with E-state index in [1.54, 1.807) is 42.5 Å². The first-order chi connectivity index (χ1) is 8.59. The summed E-state index contributed by atoms with van der Waals surface area (Å²) in [6, 6.07) is 13.2. The van der Waals surface area contributed by atoms with Crippen LogP contribution in [0.25, 0.3) is 0 Å². The minimum absolute atomic E-state index is 0.316. The second-order valence-electron chi connectivity index (χ2n) is 3.80. The molecule has 0 radical (unpaired) electrons. The van der Waals surface area contributed by atoms with E-state index in [9.17, 15) is 9.90 Å². The molecule has 2 rings (SSSR count). The first kappa shape index (κ1) is 13.1. The van der Waals surface area contributed by atoms with E-state index in [0.29, 0.717) is 21.2 Å². The van der Waals surface area contributed by atoms with E-state index in [1.165, 1.54) is 6.07 Å². The van der Waals surface area contributed by atoms with Gasteiger partial charge in [0, 0.05) is 21.2 Å². The van der Waals surface area contributed by atoms with Crippen molar-refractivity contribution < 1.29 is 9.90 Å². The van der Waals surface area contributed by atoms with Gasteiger partial charge in [-0.1, -0.05) is 53.5 Å². The second-order valence-corrected chi connectivity index (χ2v) is 4.64. The molecule has 1 unspecified atom stereocenters. The van der Waals surface area contributed by atoms with Crippen LogP contribution in [0.5, 0.6) is 0 Å². The minimum atomic E-state index is -1.31. The summed E-state index contributed by atoms with van der Waals surface area (Å²) in [4.78, 5) is 12.1. The second kappa shape index (κ2) is 5.53. The summed E-state index contributed by atoms with van der Waals surface area (Å²) in [5, 5.41) is 10.8. The van der Waals surface area contributed by atoms with Crippen molar-refractivity contribution in [2.45, 2.75) is 6.10 Å². The van der Waals surface area contributed by atoms with E-state index < -0.39 is 11.9 Å². The Balaban J connectivity index is 2.34. The maximum Gasteiger partial charge on any atom is 0.195 e. The fraction of sp³-hybridized carbons (Fsp3) is 0.0714. The van der Waals surface area contributed by atoms with Crippen LogP contribution < -0.4 is 0 Å². The molecular formula is C14H10Cl2O2. The molecule has 0 aliphatic carbocycles. The van der Waals surface area contributed by atoms with Gasteiger partial charge in [-0.15, -0.1) is 0 Å². The molecule has 0 bridgehead atoms. The molecule has 92 valence electrons. The quantitative estimate of drug-likeness (QED) is 0.866. The first-order valence-electron chi connectivity index (χ1n) is 5.32. The Morgan fingerprint density at radius 1 is 1.06 bits per heavy atom. The SMILES string of the molecule is O=C(c1ccccc1)C(O)c1cc(Cl)ccc1Cl. The van der Waals surface area contributed by atoms with Crippen LogP contribution in [0.2, 0.25) is 10.0 Å². The van der Waals surface area contributed by atoms with E-state index in [-0.39, 0.29) is 0 Å². The normalized spacial score (nSPS) is 12.2. The molecule has 0 aliphatic heterocycles. The smallest absolute Gasteiger partial charge is 0.195 e.